The number of phenolic OH excluding ortho intramolecular Hbond substituents is 2. The van der Waals surface area contributed by atoms with Gasteiger partial charge < -0.3 is 20.8 Å². The third kappa shape index (κ3) is 3.87. The Kier molecular flexibility index (Phi) is 3.89. The Labute approximate surface area is 110 Å². The monoisotopic (exact) mass is 264 g/mol. The van der Waals surface area contributed by atoms with Crippen LogP contribution >= 0.6 is 0 Å². The first-order chi connectivity index (χ1) is 9.06. The van der Waals surface area contributed by atoms with Gasteiger partial charge in [0, 0.05) is 19.0 Å². The number of benzene rings is 1. The zero-order chi connectivity index (χ0) is 13.8. The minimum Gasteiger partial charge on any atom is -0.508 e. The largest absolute Gasteiger partial charge is 0.508 e. The fourth-order valence-corrected chi connectivity index (χ4v) is 1.62. The molecule has 2 rings (SSSR count). The number of phenols is 2. The van der Waals surface area contributed by atoms with E-state index in [0.717, 1.165) is 12.8 Å². The van der Waals surface area contributed by atoms with Crippen molar-refractivity contribution in [3.63, 3.8) is 0 Å². The summed E-state index contributed by atoms with van der Waals surface area (Å²) >= 11 is 0. The number of hydrogen-bond acceptors (Lipinski definition) is 4. The highest BCUT2D eigenvalue weighted by molar-refractivity contribution is 5.97. The molecule has 6 nitrogen and oxygen atoms in total. The Bertz CT molecular complexity index is 497. The summed E-state index contributed by atoms with van der Waals surface area (Å²) in [6, 6.07) is 4.01. The molecule has 6 heteroatoms. The van der Waals surface area contributed by atoms with Gasteiger partial charge >= 0.3 is 0 Å². The lowest BCUT2D eigenvalue weighted by Gasteiger charge is -2.07. The van der Waals surface area contributed by atoms with Gasteiger partial charge in [-0.3, -0.25) is 9.59 Å². The molecule has 1 aliphatic rings. The van der Waals surface area contributed by atoms with Crippen LogP contribution in [0.25, 0.3) is 0 Å². The topological polar surface area (TPSA) is 98.7 Å². The van der Waals surface area contributed by atoms with E-state index in [4.69, 9.17) is 0 Å². The molecule has 1 fully saturated rings. The number of nitrogens with one attached hydrogen (secondary N) is 2. The van der Waals surface area contributed by atoms with Crippen LogP contribution in [0.2, 0.25) is 0 Å². The standard InChI is InChI=1S/C13H16N2O4/c16-9-3-4-11(17)10(7-9)13(19)14-6-5-12(18)15-8-1-2-8/h3-4,7-8,16-17H,1-2,5-6H2,(H,14,19)(H,15,18). The zero-order valence-electron chi connectivity index (χ0n) is 10.3. The molecule has 1 aromatic carbocycles. The fraction of sp³-hybridized carbons (Fsp3) is 0.385. The van der Waals surface area contributed by atoms with Crippen LogP contribution in [0.4, 0.5) is 0 Å². The molecule has 0 heterocycles. The molecule has 1 aliphatic carbocycles. The molecule has 19 heavy (non-hydrogen) atoms. The normalized spacial score (nSPS) is 13.9. The van der Waals surface area contributed by atoms with Gasteiger partial charge in [-0.2, -0.15) is 0 Å². The zero-order valence-corrected chi connectivity index (χ0v) is 10.3. The molecule has 1 aromatic rings. The quantitative estimate of drug-likeness (QED) is 0.582. The summed E-state index contributed by atoms with van der Waals surface area (Å²) in [4.78, 5) is 23.1. The lowest BCUT2D eigenvalue weighted by atomic mass is 10.1. The van der Waals surface area contributed by atoms with Gasteiger partial charge in [-0.1, -0.05) is 0 Å². The van der Waals surface area contributed by atoms with Gasteiger partial charge in [-0.25, -0.2) is 0 Å². The maximum absolute atomic E-state index is 11.7. The van der Waals surface area contributed by atoms with Crippen LogP contribution in [0, 0.1) is 0 Å². The third-order valence-electron chi connectivity index (χ3n) is 2.80. The predicted octanol–water partition coefficient (Wildman–Crippen LogP) is 0.496. The van der Waals surface area contributed by atoms with Crippen LogP contribution in [0.1, 0.15) is 29.6 Å². The Hall–Kier alpha value is -2.24. The van der Waals surface area contributed by atoms with Gasteiger partial charge in [-0.05, 0) is 31.0 Å². The highest BCUT2D eigenvalue weighted by Gasteiger charge is 2.22. The van der Waals surface area contributed by atoms with Crippen LogP contribution in [0.15, 0.2) is 18.2 Å². The van der Waals surface area contributed by atoms with Crippen molar-refractivity contribution in [3.05, 3.63) is 23.8 Å². The summed E-state index contributed by atoms with van der Waals surface area (Å²) in [7, 11) is 0. The Morgan fingerprint density at radius 3 is 2.68 bits per heavy atom. The van der Waals surface area contributed by atoms with E-state index >= 15 is 0 Å². The second-order valence-corrected chi connectivity index (χ2v) is 4.55. The highest BCUT2D eigenvalue weighted by Crippen LogP contribution is 2.21. The van der Waals surface area contributed by atoms with E-state index < -0.39 is 5.91 Å². The average molecular weight is 264 g/mol. The summed E-state index contributed by atoms with van der Waals surface area (Å²) in [6.45, 7) is 0.187. The fourth-order valence-electron chi connectivity index (χ4n) is 1.62. The van der Waals surface area contributed by atoms with Crippen LogP contribution < -0.4 is 10.6 Å². The molecular formula is C13H16N2O4. The molecule has 0 atom stereocenters. The summed E-state index contributed by atoms with van der Waals surface area (Å²) in [5, 5.41) is 24.1. The maximum Gasteiger partial charge on any atom is 0.255 e. The van der Waals surface area contributed by atoms with Gasteiger partial charge in [0.05, 0.1) is 5.56 Å². The van der Waals surface area contributed by atoms with Crippen molar-refractivity contribution < 1.29 is 19.8 Å². The highest BCUT2D eigenvalue weighted by atomic mass is 16.3. The predicted molar refractivity (Wildman–Crippen MR) is 67.9 cm³/mol. The van der Waals surface area contributed by atoms with Gasteiger partial charge in [0.15, 0.2) is 0 Å². The van der Waals surface area contributed by atoms with Crippen molar-refractivity contribution >= 4 is 11.8 Å². The number of amides is 2. The maximum atomic E-state index is 11.7. The van der Waals surface area contributed by atoms with Gasteiger partial charge in [0.2, 0.25) is 5.91 Å². The van der Waals surface area contributed by atoms with E-state index in [0.29, 0.717) is 6.04 Å². The third-order valence-corrected chi connectivity index (χ3v) is 2.80. The molecule has 0 spiro atoms. The Morgan fingerprint density at radius 1 is 1.26 bits per heavy atom. The molecule has 0 saturated heterocycles. The van der Waals surface area contributed by atoms with Crippen molar-refractivity contribution in [2.75, 3.05) is 6.54 Å². The number of hydrogen-bond donors (Lipinski definition) is 4. The molecule has 1 saturated carbocycles. The van der Waals surface area contributed by atoms with Crippen LogP contribution in [0.3, 0.4) is 0 Å². The Morgan fingerprint density at radius 2 is 2.00 bits per heavy atom. The summed E-state index contributed by atoms with van der Waals surface area (Å²) < 4.78 is 0. The molecule has 0 aliphatic heterocycles. The number of rotatable bonds is 5. The minimum atomic E-state index is -0.521. The first-order valence-corrected chi connectivity index (χ1v) is 6.16. The lowest BCUT2D eigenvalue weighted by molar-refractivity contribution is -0.121. The van der Waals surface area contributed by atoms with Gasteiger partial charge in [0.1, 0.15) is 11.5 Å². The number of carbonyl (C=O) groups excluding carboxylic acids is 2. The lowest BCUT2D eigenvalue weighted by Crippen LogP contribution is -2.31. The van der Waals surface area contributed by atoms with Crippen LogP contribution in [0.5, 0.6) is 11.5 Å². The SMILES string of the molecule is O=C(CCNC(=O)c1cc(O)ccc1O)NC1CC1. The van der Waals surface area contributed by atoms with Crippen molar-refractivity contribution in [1.82, 2.24) is 10.6 Å². The molecule has 0 bridgehead atoms. The van der Waals surface area contributed by atoms with Gasteiger partial charge in [-0.15, -0.1) is 0 Å². The molecule has 4 N–H and O–H groups in total. The second-order valence-electron chi connectivity index (χ2n) is 4.55. The van der Waals surface area contributed by atoms with Crippen molar-refractivity contribution in [3.8, 4) is 11.5 Å². The smallest absolute Gasteiger partial charge is 0.255 e. The van der Waals surface area contributed by atoms with Crippen molar-refractivity contribution in [2.24, 2.45) is 0 Å². The van der Waals surface area contributed by atoms with E-state index in [9.17, 15) is 19.8 Å². The van der Waals surface area contributed by atoms with E-state index in [1.165, 1.54) is 18.2 Å². The number of carbonyl (C=O) groups is 2. The van der Waals surface area contributed by atoms with Crippen molar-refractivity contribution in [2.45, 2.75) is 25.3 Å². The number of aromatic hydroxyl groups is 2. The van der Waals surface area contributed by atoms with Gasteiger partial charge in [0.25, 0.3) is 5.91 Å². The molecular weight excluding hydrogens is 248 g/mol. The van der Waals surface area contributed by atoms with Crippen LogP contribution in [-0.2, 0) is 4.79 Å². The summed E-state index contributed by atoms with van der Waals surface area (Å²) in [6.07, 6.45) is 2.24. The van der Waals surface area contributed by atoms with E-state index in [1.54, 1.807) is 0 Å². The first-order valence-electron chi connectivity index (χ1n) is 6.16. The minimum absolute atomic E-state index is 0.0115. The summed E-state index contributed by atoms with van der Waals surface area (Å²) in [5.41, 5.74) is -0.0115. The second kappa shape index (κ2) is 5.60. The van der Waals surface area contributed by atoms with E-state index in [2.05, 4.69) is 10.6 Å². The molecule has 102 valence electrons. The van der Waals surface area contributed by atoms with Crippen molar-refractivity contribution in [1.29, 1.82) is 0 Å². The molecule has 0 aromatic heterocycles. The van der Waals surface area contributed by atoms with E-state index in [1.807, 2.05) is 0 Å². The first kappa shape index (κ1) is 13.2. The molecule has 0 unspecified atom stereocenters. The molecule has 2 amide bonds. The average Bonchev–Trinajstić information content (AvgIpc) is 3.16. The van der Waals surface area contributed by atoms with E-state index in [-0.39, 0.29) is 35.9 Å². The van der Waals surface area contributed by atoms with Crippen LogP contribution in [-0.4, -0.2) is 34.6 Å². The molecule has 0 radical (unpaired) electrons. The Balaban J connectivity index is 1.80. The summed E-state index contributed by atoms with van der Waals surface area (Å²) in [5.74, 6) is -0.928.